The predicted molar refractivity (Wildman–Crippen MR) is 234 cm³/mol. The van der Waals surface area contributed by atoms with Crippen LogP contribution in [-0.2, 0) is 20.7 Å². The molecule has 0 saturated carbocycles. The third kappa shape index (κ3) is 24.4. The van der Waals surface area contributed by atoms with Gasteiger partial charge in [-0.05, 0) is 87.8 Å². The van der Waals surface area contributed by atoms with Gasteiger partial charge in [-0.2, -0.15) is 0 Å². The van der Waals surface area contributed by atoms with E-state index in [0.29, 0.717) is 37.6 Å². The summed E-state index contributed by atoms with van der Waals surface area (Å²) in [6.45, 7) is 17.2. The molecule has 55 heavy (non-hydrogen) atoms. The van der Waals surface area contributed by atoms with Gasteiger partial charge in [0.1, 0.15) is 11.5 Å². The number of ketones is 1. The average Bonchev–Trinajstić information content (AvgIpc) is 3.18. The van der Waals surface area contributed by atoms with Crippen molar-refractivity contribution in [1.29, 1.82) is 0 Å². The molecule has 1 aromatic carbocycles. The summed E-state index contributed by atoms with van der Waals surface area (Å²) in [5, 5.41) is 0. The van der Waals surface area contributed by atoms with Crippen molar-refractivity contribution in [3.8, 4) is 5.75 Å². The van der Waals surface area contributed by atoms with Crippen LogP contribution in [0.3, 0.4) is 0 Å². The lowest BCUT2D eigenvalue weighted by atomic mass is 9.89. The van der Waals surface area contributed by atoms with Crippen LogP contribution in [0.5, 0.6) is 5.75 Å². The molecule has 1 atom stereocenters. The molecule has 0 aromatic heterocycles. The van der Waals surface area contributed by atoms with Crippen LogP contribution in [0.15, 0.2) is 61.1 Å². The van der Waals surface area contributed by atoms with Crippen LogP contribution in [0, 0.1) is 11.8 Å². The van der Waals surface area contributed by atoms with E-state index in [-0.39, 0.29) is 11.8 Å². The third-order valence-electron chi connectivity index (χ3n) is 11.4. The number of rotatable bonds is 35. The Morgan fingerprint density at radius 1 is 0.673 bits per heavy atom. The van der Waals surface area contributed by atoms with E-state index in [1.807, 2.05) is 17.0 Å². The first-order chi connectivity index (χ1) is 26.9. The van der Waals surface area contributed by atoms with Crippen LogP contribution in [0.1, 0.15) is 200 Å². The van der Waals surface area contributed by atoms with E-state index in [9.17, 15) is 9.59 Å². The number of hydrogen-bond acceptors (Lipinski definition) is 4. The second-order valence-electron chi connectivity index (χ2n) is 16.5. The Morgan fingerprint density at radius 3 is 1.91 bits per heavy atom. The van der Waals surface area contributed by atoms with Gasteiger partial charge in [-0.25, -0.2) is 0 Å². The van der Waals surface area contributed by atoms with E-state index in [2.05, 4.69) is 58.2 Å². The third-order valence-corrected chi connectivity index (χ3v) is 11.4. The topological polar surface area (TPSA) is 55.8 Å². The minimum Gasteiger partial charge on any atom is -0.498 e. The van der Waals surface area contributed by atoms with Crippen LogP contribution in [0.25, 0.3) is 0 Å². The number of nitrogens with zero attached hydrogens (tertiary/aromatic N) is 1. The van der Waals surface area contributed by atoms with E-state index in [4.69, 9.17) is 9.47 Å². The summed E-state index contributed by atoms with van der Waals surface area (Å²) in [6.07, 6.45) is 36.2. The maximum Gasteiger partial charge on any atom is 0.222 e. The summed E-state index contributed by atoms with van der Waals surface area (Å²) in [5.74, 6) is 3.93. The van der Waals surface area contributed by atoms with E-state index < -0.39 is 0 Å². The summed E-state index contributed by atoms with van der Waals surface area (Å²) in [5.41, 5.74) is 1.16. The number of likely N-dealkylation sites (tertiary alicyclic amines) is 1. The number of amides is 1. The van der Waals surface area contributed by atoms with Crippen LogP contribution in [0.2, 0.25) is 0 Å². The molecule has 0 spiro atoms. The molecule has 1 aromatic rings. The van der Waals surface area contributed by atoms with E-state index in [0.717, 1.165) is 113 Å². The lowest BCUT2D eigenvalue weighted by Gasteiger charge is -2.31. The Hall–Kier alpha value is -2.82. The zero-order valence-electron chi connectivity index (χ0n) is 36.0. The van der Waals surface area contributed by atoms with E-state index in [1.165, 1.54) is 83.5 Å². The molecule has 1 aliphatic heterocycles. The summed E-state index contributed by atoms with van der Waals surface area (Å²) in [6, 6.07) is 8.23. The fourth-order valence-electron chi connectivity index (χ4n) is 7.85. The number of Topliss-reactive ketones (excluding diaryl/α,β-unsaturated/α-hetero) is 1. The van der Waals surface area contributed by atoms with Gasteiger partial charge in [0, 0.05) is 44.7 Å². The lowest BCUT2D eigenvalue weighted by Crippen LogP contribution is -2.40. The maximum absolute atomic E-state index is 12.8. The molecule has 312 valence electrons. The number of hydrogen-bond donors (Lipinski definition) is 0. The largest absolute Gasteiger partial charge is 0.498 e. The fourth-order valence-corrected chi connectivity index (χ4v) is 7.85. The van der Waals surface area contributed by atoms with Crippen molar-refractivity contribution in [2.75, 3.05) is 19.7 Å². The SMILES string of the molecule is C=C(Cc1ccc(OC(=C)CCCCCCC/C=C\CCCCCCCC)cc1)OCCC(CCC)CCCCC(=O)N1CCC(C(=O)CCCCC)CC1. The monoisotopic (exact) mass is 762 g/mol. The number of piperidine rings is 1. The molecule has 1 amide bonds. The second kappa shape index (κ2) is 32.3. The Labute approximate surface area is 339 Å². The molecule has 0 N–H and O–H groups in total. The van der Waals surface area contributed by atoms with Gasteiger partial charge in [0.2, 0.25) is 5.91 Å². The number of benzene rings is 1. The molecule has 1 saturated heterocycles. The highest BCUT2D eigenvalue weighted by Gasteiger charge is 2.26. The van der Waals surface area contributed by atoms with Crippen molar-refractivity contribution in [1.82, 2.24) is 4.90 Å². The highest BCUT2D eigenvalue weighted by Crippen LogP contribution is 2.24. The highest BCUT2D eigenvalue weighted by molar-refractivity contribution is 5.81. The first kappa shape index (κ1) is 48.3. The van der Waals surface area contributed by atoms with Crippen molar-refractivity contribution in [3.63, 3.8) is 0 Å². The number of carbonyl (C=O) groups is 2. The second-order valence-corrected chi connectivity index (χ2v) is 16.5. The van der Waals surface area contributed by atoms with Crippen molar-refractivity contribution >= 4 is 11.7 Å². The first-order valence-corrected chi connectivity index (χ1v) is 23.1. The Balaban J connectivity index is 1.51. The van der Waals surface area contributed by atoms with Gasteiger partial charge in [0.05, 0.1) is 18.1 Å². The molecule has 5 nitrogen and oxygen atoms in total. The van der Waals surface area contributed by atoms with E-state index in [1.54, 1.807) is 0 Å². The zero-order chi connectivity index (χ0) is 39.8. The molecule has 5 heteroatoms. The lowest BCUT2D eigenvalue weighted by molar-refractivity contribution is -0.135. The van der Waals surface area contributed by atoms with Crippen LogP contribution in [0.4, 0.5) is 0 Å². The van der Waals surface area contributed by atoms with Crippen molar-refractivity contribution in [2.45, 2.75) is 201 Å². The summed E-state index contributed by atoms with van der Waals surface area (Å²) >= 11 is 0. The minimum absolute atomic E-state index is 0.164. The molecule has 1 heterocycles. The predicted octanol–water partition coefficient (Wildman–Crippen LogP) is 14.4. The molecular weight excluding hydrogens is 679 g/mol. The van der Waals surface area contributed by atoms with Crippen molar-refractivity contribution in [3.05, 3.63) is 66.7 Å². The van der Waals surface area contributed by atoms with Gasteiger partial charge in [0.25, 0.3) is 0 Å². The standard InChI is InChI=1S/C50H83NO4/c1-6-9-11-12-13-14-15-16-17-18-19-20-21-22-24-28-43(4)55-48-34-32-46(33-35-48)42-44(5)54-41-38-45(27-8-3)29-25-26-31-50(53)51-39-36-47(37-40-51)49(52)30-23-10-7-2/h16-17,32-35,45,47H,4-15,18-31,36-42H2,1-3H3/b17-16-. The molecule has 1 fully saturated rings. The summed E-state index contributed by atoms with van der Waals surface area (Å²) in [4.78, 5) is 27.3. The van der Waals surface area contributed by atoms with Gasteiger partial charge in [-0.15, -0.1) is 0 Å². The molecule has 0 aliphatic carbocycles. The van der Waals surface area contributed by atoms with Gasteiger partial charge < -0.3 is 14.4 Å². The highest BCUT2D eigenvalue weighted by atomic mass is 16.5. The van der Waals surface area contributed by atoms with Gasteiger partial charge in [-0.3, -0.25) is 9.59 Å². The van der Waals surface area contributed by atoms with Crippen molar-refractivity contribution in [2.24, 2.45) is 11.8 Å². The first-order valence-electron chi connectivity index (χ1n) is 23.1. The minimum atomic E-state index is 0.164. The molecular formula is C50H83NO4. The molecule has 2 rings (SSSR count). The van der Waals surface area contributed by atoms with E-state index >= 15 is 0 Å². The molecule has 1 aliphatic rings. The normalized spacial score (nSPS) is 14.0. The number of ether oxygens (including phenoxy) is 2. The summed E-state index contributed by atoms with van der Waals surface area (Å²) < 4.78 is 12.1. The van der Waals surface area contributed by atoms with Crippen LogP contribution >= 0.6 is 0 Å². The van der Waals surface area contributed by atoms with Crippen LogP contribution in [-0.4, -0.2) is 36.3 Å². The van der Waals surface area contributed by atoms with Crippen molar-refractivity contribution < 1.29 is 19.1 Å². The molecule has 0 radical (unpaired) electrons. The smallest absolute Gasteiger partial charge is 0.222 e. The number of unbranched alkanes of at least 4 members (excludes halogenated alkanes) is 14. The average molecular weight is 762 g/mol. The molecule has 0 bridgehead atoms. The number of carbonyl (C=O) groups excluding carboxylic acids is 2. The Morgan fingerprint density at radius 2 is 1.25 bits per heavy atom. The van der Waals surface area contributed by atoms with Crippen LogP contribution < -0.4 is 4.74 Å². The summed E-state index contributed by atoms with van der Waals surface area (Å²) in [7, 11) is 0. The van der Waals surface area contributed by atoms with Gasteiger partial charge in [-0.1, -0.05) is 148 Å². The van der Waals surface area contributed by atoms with Gasteiger partial charge >= 0.3 is 0 Å². The Kier molecular flexibility index (Phi) is 28.4. The quantitative estimate of drug-likeness (QED) is 0.0393. The Bertz CT molecular complexity index is 1180. The van der Waals surface area contributed by atoms with Gasteiger partial charge in [0.15, 0.2) is 0 Å². The maximum atomic E-state index is 12.8. The number of allylic oxidation sites excluding steroid dienone is 4. The zero-order valence-corrected chi connectivity index (χ0v) is 36.0. The fraction of sp³-hybridized carbons (Fsp3) is 0.720. The molecule has 1 unspecified atom stereocenters.